The molecule has 0 bridgehead atoms. The molecule has 1 aliphatic rings. The van der Waals surface area contributed by atoms with Crippen molar-refractivity contribution in [1.29, 1.82) is 0 Å². The van der Waals surface area contributed by atoms with Gasteiger partial charge >= 0.3 is 0 Å². The summed E-state index contributed by atoms with van der Waals surface area (Å²) in [4.78, 5) is 4.76. The van der Waals surface area contributed by atoms with Crippen LogP contribution < -0.4 is 4.90 Å². The molecule has 0 N–H and O–H groups in total. The molecule has 1 aromatic heterocycles. The average molecular weight is 493 g/mol. The summed E-state index contributed by atoms with van der Waals surface area (Å²) in [6, 6.07) is 25.8. The molecular formula is C27H30ClFN6. The SMILES string of the molecule is Cc1ccc(C(c2nnnn2CCc2ccccc2)N2CCN(c3ccc(F)cc3)CC2)cc1.Cl. The van der Waals surface area contributed by atoms with E-state index in [4.69, 9.17) is 0 Å². The van der Waals surface area contributed by atoms with Crippen molar-refractivity contribution < 1.29 is 4.39 Å². The van der Waals surface area contributed by atoms with Gasteiger partial charge in [0.1, 0.15) is 5.82 Å². The van der Waals surface area contributed by atoms with E-state index in [1.54, 1.807) is 0 Å². The molecule has 35 heavy (non-hydrogen) atoms. The van der Waals surface area contributed by atoms with E-state index < -0.39 is 0 Å². The third kappa shape index (κ3) is 5.86. The van der Waals surface area contributed by atoms with E-state index in [-0.39, 0.29) is 24.3 Å². The van der Waals surface area contributed by atoms with Crippen molar-refractivity contribution in [2.45, 2.75) is 25.9 Å². The highest BCUT2D eigenvalue weighted by molar-refractivity contribution is 5.85. The van der Waals surface area contributed by atoms with Crippen LogP contribution in [0.3, 0.4) is 0 Å². The molecule has 0 amide bonds. The van der Waals surface area contributed by atoms with E-state index in [0.29, 0.717) is 0 Å². The second-order valence-electron chi connectivity index (χ2n) is 8.81. The lowest BCUT2D eigenvalue weighted by Crippen LogP contribution is -2.48. The van der Waals surface area contributed by atoms with Crippen LogP contribution in [0.25, 0.3) is 0 Å². The Labute approximate surface area is 211 Å². The highest BCUT2D eigenvalue weighted by Crippen LogP contribution is 2.29. The fraction of sp³-hybridized carbons (Fsp3) is 0.296. The summed E-state index contributed by atoms with van der Waals surface area (Å²) in [5, 5.41) is 12.9. The minimum absolute atomic E-state index is 0. The standard InChI is InChI=1S/C27H29FN6.ClH/c1-21-7-9-23(10-8-21)26(27-29-30-31-34(27)16-15-22-5-3-2-4-6-22)33-19-17-32(18-20-33)25-13-11-24(28)12-14-25;/h2-14,26H,15-20H2,1H3;1H. The fourth-order valence-corrected chi connectivity index (χ4v) is 4.61. The molecule has 1 saturated heterocycles. The second kappa shape index (κ2) is 11.4. The van der Waals surface area contributed by atoms with Crippen LogP contribution >= 0.6 is 12.4 Å². The fourth-order valence-electron chi connectivity index (χ4n) is 4.61. The zero-order chi connectivity index (χ0) is 23.3. The minimum Gasteiger partial charge on any atom is -0.369 e. The number of anilines is 1. The molecule has 8 heteroatoms. The van der Waals surface area contributed by atoms with Gasteiger partial charge in [-0.2, -0.15) is 0 Å². The van der Waals surface area contributed by atoms with Crippen LogP contribution in [-0.2, 0) is 13.0 Å². The molecule has 4 aromatic rings. The van der Waals surface area contributed by atoms with Crippen LogP contribution in [0.5, 0.6) is 0 Å². The number of rotatable bonds is 7. The first-order valence-electron chi connectivity index (χ1n) is 11.8. The molecule has 1 atom stereocenters. The zero-order valence-corrected chi connectivity index (χ0v) is 20.6. The smallest absolute Gasteiger partial charge is 0.173 e. The highest BCUT2D eigenvalue weighted by atomic mass is 35.5. The molecule has 1 unspecified atom stereocenters. The third-order valence-corrected chi connectivity index (χ3v) is 6.52. The van der Waals surface area contributed by atoms with Crippen LogP contribution in [0.2, 0.25) is 0 Å². The Bertz CT molecular complexity index is 1190. The maximum Gasteiger partial charge on any atom is 0.173 e. The van der Waals surface area contributed by atoms with Gasteiger partial charge in [0.25, 0.3) is 0 Å². The highest BCUT2D eigenvalue weighted by Gasteiger charge is 2.30. The molecule has 2 heterocycles. The van der Waals surface area contributed by atoms with E-state index in [9.17, 15) is 4.39 Å². The van der Waals surface area contributed by atoms with E-state index in [1.807, 2.05) is 22.9 Å². The summed E-state index contributed by atoms with van der Waals surface area (Å²) in [6.45, 7) is 6.27. The van der Waals surface area contributed by atoms with Gasteiger partial charge in [-0.3, -0.25) is 4.90 Å². The maximum atomic E-state index is 13.4. The van der Waals surface area contributed by atoms with E-state index >= 15 is 0 Å². The molecule has 5 rings (SSSR count). The number of halogens is 2. The van der Waals surface area contributed by atoms with Gasteiger partial charge in [-0.05, 0) is 59.2 Å². The zero-order valence-electron chi connectivity index (χ0n) is 19.8. The third-order valence-electron chi connectivity index (χ3n) is 6.52. The molecule has 1 fully saturated rings. The van der Waals surface area contributed by atoms with E-state index in [2.05, 4.69) is 80.8 Å². The van der Waals surface area contributed by atoms with Crippen molar-refractivity contribution in [2.24, 2.45) is 0 Å². The van der Waals surface area contributed by atoms with Crippen molar-refractivity contribution in [3.63, 3.8) is 0 Å². The topological polar surface area (TPSA) is 50.1 Å². The van der Waals surface area contributed by atoms with Crippen molar-refractivity contribution in [2.75, 3.05) is 31.1 Å². The van der Waals surface area contributed by atoms with Gasteiger partial charge in [0, 0.05) is 38.4 Å². The largest absolute Gasteiger partial charge is 0.369 e. The first-order valence-corrected chi connectivity index (χ1v) is 11.8. The summed E-state index contributed by atoms with van der Waals surface area (Å²) in [5.41, 5.74) is 4.74. The van der Waals surface area contributed by atoms with Gasteiger partial charge in [0.15, 0.2) is 5.82 Å². The Morgan fingerprint density at radius 1 is 0.857 bits per heavy atom. The molecular weight excluding hydrogens is 463 g/mol. The van der Waals surface area contributed by atoms with Gasteiger partial charge in [-0.15, -0.1) is 17.5 Å². The predicted octanol–water partition coefficient (Wildman–Crippen LogP) is 4.70. The first-order chi connectivity index (χ1) is 16.7. The molecule has 1 aliphatic heterocycles. The monoisotopic (exact) mass is 492 g/mol. The summed E-state index contributed by atoms with van der Waals surface area (Å²) >= 11 is 0. The van der Waals surface area contributed by atoms with Crippen LogP contribution in [0.1, 0.15) is 28.6 Å². The average Bonchev–Trinajstić information content (AvgIpc) is 3.34. The number of aromatic nitrogens is 4. The second-order valence-corrected chi connectivity index (χ2v) is 8.81. The number of benzene rings is 3. The van der Waals surface area contributed by atoms with Crippen molar-refractivity contribution in [3.8, 4) is 0 Å². The Hall–Kier alpha value is -3.29. The predicted molar refractivity (Wildman–Crippen MR) is 138 cm³/mol. The number of nitrogens with zero attached hydrogens (tertiary/aromatic N) is 6. The molecule has 0 radical (unpaired) electrons. The van der Waals surface area contributed by atoms with Crippen LogP contribution in [-0.4, -0.2) is 51.3 Å². The molecule has 0 aliphatic carbocycles. The molecule has 182 valence electrons. The molecule has 0 saturated carbocycles. The first kappa shape index (κ1) is 24.8. The van der Waals surface area contributed by atoms with Crippen molar-refractivity contribution in [1.82, 2.24) is 25.1 Å². The minimum atomic E-state index is -0.204. The van der Waals surface area contributed by atoms with Gasteiger partial charge in [0.05, 0.1) is 6.04 Å². The molecule has 0 spiro atoms. The lowest BCUT2D eigenvalue weighted by Gasteiger charge is -2.40. The number of tetrazole rings is 1. The van der Waals surface area contributed by atoms with Crippen LogP contribution in [0, 0.1) is 12.7 Å². The van der Waals surface area contributed by atoms with Crippen LogP contribution in [0.15, 0.2) is 78.9 Å². The van der Waals surface area contributed by atoms with Crippen molar-refractivity contribution in [3.05, 3.63) is 107 Å². The maximum absolute atomic E-state index is 13.4. The summed E-state index contributed by atoms with van der Waals surface area (Å²) < 4.78 is 15.3. The Morgan fingerprint density at radius 3 is 2.23 bits per heavy atom. The van der Waals surface area contributed by atoms with Crippen molar-refractivity contribution >= 4 is 18.1 Å². The number of piperazine rings is 1. The Morgan fingerprint density at radius 2 is 1.54 bits per heavy atom. The van der Waals surface area contributed by atoms with Gasteiger partial charge < -0.3 is 4.90 Å². The summed E-state index contributed by atoms with van der Waals surface area (Å²) in [6.07, 6.45) is 0.873. The quantitative estimate of drug-likeness (QED) is 0.374. The normalized spacial score (nSPS) is 15.0. The lowest BCUT2D eigenvalue weighted by molar-refractivity contribution is 0.200. The Balaban J connectivity index is 0.00000289. The number of hydrogen-bond acceptors (Lipinski definition) is 5. The summed E-state index contributed by atoms with van der Waals surface area (Å²) in [5.74, 6) is 0.666. The van der Waals surface area contributed by atoms with Gasteiger partial charge in [0.2, 0.25) is 0 Å². The number of hydrogen-bond donors (Lipinski definition) is 0. The molecule has 6 nitrogen and oxygen atoms in total. The Kier molecular flexibility index (Phi) is 8.10. The van der Waals surface area contributed by atoms with E-state index in [1.165, 1.54) is 28.8 Å². The van der Waals surface area contributed by atoms with E-state index in [0.717, 1.165) is 50.7 Å². The number of aryl methyl sites for hydroxylation is 3. The van der Waals surface area contributed by atoms with Gasteiger partial charge in [-0.1, -0.05) is 60.2 Å². The molecule has 3 aromatic carbocycles. The lowest BCUT2D eigenvalue weighted by atomic mass is 10.0. The van der Waals surface area contributed by atoms with Crippen LogP contribution in [0.4, 0.5) is 10.1 Å². The van der Waals surface area contributed by atoms with Gasteiger partial charge in [-0.25, -0.2) is 9.07 Å². The summed E-state index contributed by atoms with van der Waals surface area (Å²) in [7, 11) is 0.